The van der Waals surface area contributed by atoms with Gasteiger partial charge < -0.3 is 10.6 Å². The Labute approximate surface area is 134 Å². The molecule has 0 spiro atoms. The number of hydrogen-bond donors (Lipinski definition) is 3. The summed E-state index contributed by atoms with van der Waals surface area (Å²) in [5.41, 5.74) is 8.09. The van der Waals surface area contributed by atoms with Crippen LogP contribution in [0.2, 0.25) is 0 Å². The van der Waals surface area contributed by atoms with E-state index in [0.717, 1.165) is 41.9 Å². The quantitative estimate of drug-likeness (QED) is 0.307. The average Bonchev–Trinajstić information content (AvgIpc) is 2.46. The van der Waals surface area contributed by atoms with Gasteiger partial charge in [0.2, 0.25) is 0 Å². The van der Waals surface area contributed by atoms with Gasteiger partial charge in [0.1, 0.15) is 0 Å². The molecule has 0 aromatic rings. The number of nitrogens with two attached hydrogens (primary N) is 2. The maximum atomic E-state index is 6.12. The highest BCUT2D eigenvalue weighted by atomic mass is 32.1. The summed E-state index contributed by atoms with van der Waals surface area (Å²) in [7, 11) is 0. The van der Waals surface area contributed by atoms with Gasteiger partial charge in [-0.1, -0.05) is 50.5 Å². The van der Waals surface area contributed by atoms with Crippen molar-refractivity contribution in [1.82, 2.24) is 0 Å². The predicted octanol–water partition coefficient (Wildman–Crippen LogP) is 4.03. The first-order chi connectivity index (χ1) is 10.1. The lowest BCUT2D eigenvalue weighted by atomic mass is 10.0. The molecule has 3 nitrogen and oxygen atoms in total. The van der Waals surface area contributed by atoms with Crippen LogP contribution in [0.3, 0.4) is 0 Å². The maximum Gasteiger partial charge on any atom is 0.0893 e. The van der Waals surface area contributed by atoms with Gasteiger partial charge in [-0.05, 0) is 37.2 Å². The molecule has 0 amide bonds. The fraction of sp³-hybridized carbons (Fsp3) is 0.412. The molecule has 0 saturated carbocycles. The van der Waals surface area contributed by atoms with E-state index in [4.69, 9.17) is 11.6 Å². The molecule has 0 aliphatic heterocycles. The molecule has 1 unspecified atom stereocenters. The van der Waals surface area contributed by atoms with Crippen LogP contribution in [0.5, 0.6) is 0 Å². The lowest BCUT2D eigenvalue weighted by Gasteiger charge is -2.13. The molecule has 4 N–H and O–H groups in total. The first kappa shape index (κ1) is 19.8. The second-order valence-corrected chi connectivity index (χ2v) is 5.42. The molecule has 21 heavy (non-hydrogen) atoms. The van der Waals surface area contributed by atoms with Gasteiger partial charge in [-0.25, -0.2) is 5.90 Å². The van der Waals surface area contributed by atoms with E-state index in [9.17, 15) is 0 Å². The molecule has 0 rings (SSSR count). The predicted molar refractivity (Wildman–Crippen MR) is 95.6 cm³/mol. The summed E-state index contributed by atoms with van der Waals surface area (Å²) in [5.74, 6) is 5.42. The summed E-state index contributed by atoms with van der Waals surface area (Å²) < 4.78 is 0. The van der Waals surface area contributed by atoms with E-state index in [-0.39, 0.29) is 0 Å². The molecule has 0 aromatic heterocycles. The summed E-state index contributed by atoms with van der Waals surface area (Å²) >= 11 is 4.55. The van der Waals surface area contributed by atoms with Gasteiger partial charge in [0.25, 0.3) is 0 Å². The van der Waals surface area contributed by atoms with Crippen LogP contribution < -0.4 is 11.6 Å². The highest BCUT2D eigenvalue weighted by Gasteiger charge is 2.08. The van der Waals surface area contributed by atoms with Crippen LogP contribution in [0, 0.1) is 5.92 Å². The van der Waals surface area contributed by atoms with Crippen LogP contribution in [0.1, 0.15) is 32.6 Å². The van der Waals surface area contributed by atoms with Gasteiger partial charge in [0.15, 0.2) is 0 Å². The normalized spacial score (nSPS) is 14.9. The first-order valence-corrected chi connectivity index (χ1v) is 7.58. The minimum absolute atomic E-state index is 0.320. The van der Waals surface area contributed by atoms with Gasteiger partial charge in [-0.2, -0.15) is 0 Å². The van der Waals surface area contributed by atoms with Crippen molar-refractivity contribution in [3.8, 4) is 0 Å². The van der Waals surface area contributed by atoms with Crippen LogP contribution >= 0.6 is 12.6 Å². The topological polar surface area (TPSA) is 61.3 Å². The van der Waals surface area contributed by atoms with Crippen molar-refractivity contribution in [2.45, 2.75) is 32.6 Å². The summed E-state index contributed by atoms with van der Waals surface area (Å²) in [6.45, 7) is 9.87. The van der Waals surface area contributed by atoms with E-state index in [1.54, 1.807) is 12.2 Å². The molecule has 0 radical (unpaired) electrons. The molecule has 0 saturated heterocycles. The van der Waals surface area contributed by atoms with Gasteiger partial charge in [-0.15, -0.1) is 12.6 Å². The van der Waals surface area contributed by atoms with Crippen LogP contribution in [0.4, 0.5) is 0 Å². The highest BCUT2D eigenvalue weighted by molar-refractivity contribution is 7.84. The summed E-state index contributed by atoms with van der Waals surface area (Å²) in [6, 6.07) is 0. The van der Waals surface area contributed by atoms with Gasteiger partial charge in [-0.3, -0.25) is 0 Å². The third-order valence-corrected chi connectivity index (χ3v) is 3.85. The molecule has 0 aliphatic rings. The zero-order chi connectivity index (χ0) is 16.1. The second-order valence-electron chi connectivity index (χ2n) is 4.94. The number of hydrogen-bond acceptors (Lipinski definition) is 4. The fourth-order valence-corrected chi connectivity index (χ4v) is 2.14. The third kappa shape index (κ3) is 9.34. The van der Waals surface area contributed by atoms with E-state index >= 15 is 0 Å². The Hall–Kier alpha value is -1.23. The molecule has 0 bridgehead atoms. The largest absolute Gasteiger partial charge is 0.401 e. The standard InChI is InChI=1S/C17H28N2OS/c1-4-6-7-10-14(3)17(21)16(18)12-8-11-15(9-5-2)13-20-19/h4-7,9,14,21H,1-2,8,10-13,18-19H2,3H3/b7-6-,15-9+,17-16-. The van der Waals surface area contributed by atoms with E-state index < -0.39 is 0 Å². The minimum Gasteiger partial charge on any atom is -0.401 e. The third-order valence-electron chi connectivity index (χ3n) is 3.12. The number of allylic oxidation sites excluding steroid dienone is 7. The Balaban J connectivity index is 4.37. The van der Waals surface area contributed by atoms with Gasteiger partial charge >= 0.3 is 0 Å². The maximum absolute atomic E-state index is 6.12. The molecule has 0 aliphatic carbocycles. The Morgan fingerprint density at radius 3 is 2.57 bits per heavy atom. The van der Waals surface area contributed by atoms with Crippen molar-refractivity contribution in [3.05, 3.63) is 59.7 Å². The van der Waals surface area contributed by atoms with Crippen LogP contribution in [-0.4, -0.2) is 6.61 Å². The molecule has 118 valence electrons. The SMILES string of the molecule is C=C/C=C\CC(C)/C(S)=C(/N)CCC/C(=C\C=C)CON. The van der Waals surface area contributed by atoms with Crippen LogP contribution in [0.25, 0.3) is 0 Å². The summed E-state index contributed by atoms with van der Waals surface area (Å²) in [6.07, 6.45) is 13.0. The van der Waals surface area contributed by atoms with Gasteiger partial charge in [0.05, 0.1) is 6.61 Å². The van der Waals surface area contributed by atoms with Crippen molar-refractivity contribution < 1.29 is 4.84 Å². The number of thiol groups is 1. The monoisotopic (exact) mass is 308 g/mol. The lowest BCUT2D eigenvalue weighted by molar-refractivity contribution is 0.159. The first-order valence-electron chi connectivity index (χ1n) is 7.14. The summed E-state index contributed by atoms with van der Waals surface area (Å²) in [4.78, 5) is 5.63. The Kier molecular flexibility index (Phi) is 11.8. The highest BCUT2D eigenvalue weighted by Crippen LogP contribution is 2.23. The second kappa shape index (κ2) is 12.5. The van der Waals surface area contributed by atoms with E-state index in [1.165, 1.54) is 0 Å². The van der Waals surface area contributed by atoms with Crippen molar-refractivity contribution >= 4 is 12.6 Å². The van der Waals surface area contributed by atoms with Crippen LogP contribution in [-0.2, 0) is 4.84 Å². The molecule has 0 fully saturated rings. The zero-order valence-corrected chi connectivity index (χ0v) is 13.8. The Morgan fingerprint density at radius 2 is 2.00 bits per heavy atom. The summed E-state index contributed by atoms with van der Waals surface area (Å²) in [5, 5.41) is 0. The minimum atomic E-state index is 0.320. The van der Waals surface area contributed by atoms with Crippen molar-refractivity contribution in [1.29, 1.82) is 0 Å². The van der Waals surface area contributed by atoms with E-state index in [0.29, 0.717) is 12.5 Å². The molecule has 1 atom stereocenters. The smallest absolute Gasteiger partial charge is 0.0893 e. The molecule has 0 aromatic carbocycles. The molecular formula is C17H28N2OS. The van der Waals surface area contributed by atoms with E-state index in [1.807, 2.05) is 12.2 Å². The van der Waals surface area contributed by atoms with Gasteiger partial charge in [0, 0.05) is 10.6 Å². The molecule has 4 heteroatoms. The number of rotatable bonds is 11. The van der Waals surface area contributed by atoms with E-state index in [2.05, 4.69) is 43.6 Å². The molecular weight excluding hydrogens is 280 g/mol. The van der Waals surface area contributed by atoms with Crippen molar-refractivity contribution in [3.63, 3.8) is 0 Å². The Morgan fingerprint density at radius 1 is 1.29 bits per heavy atom. The lowest BCUT2D eigenvalue weighted by Crippen LogP contribution is -2.07. The van der Waals surface area contributed by atoms with Crippen molar-refractivity contribution in [2.24, 2.45) is 17.5 Å². The molecule has 0 heterocycles. The van der Waals surface area contributed by atoms with Crippen molar-refractivity contribution in [2.75, 3.05) is 6.61 Å². The van der Waals surface area contributed by atoms with Crippen LogP contribution in [0.15, 0.2) is 59.7 Å². The fourth-order valence-electron chi connectivity index (χ4n) is 1.92. The Bertz CT molecular complexity index is 411. The average molecular weight is 308 g/mol. The zero-order valence-electron chi connectivity index (χ0n) is 12.9.